The van der Waals surface area contributed by atoms with Crippen molar-refractivity contribution in [2.75, 3.05) is 0 Å². The second kappa shape index (κ2) is 4.70. The summed E-state index contributed by atoms with van der Waals surface area (Å²) in [5.74, 6) is -0.863. The lowest BCUT2D eigenvalue weighted by Gasteiger charge is -2.02. The van der Waals surface area contributed by atoms with Gasteiger partial charge < -0.3 is 10.2 Å². The molecule has 3 N–H and O–H groups in total. The number of nitrogens with zero attached hydrogens (tertiary/aromatic N) is 1. The van der Waals surface area contributed by atoms with Gasteiger partial charge in [-0.25, -0.2) is 14.3 Å². The predicted octanol–water partition coefficient (Wildman–Crippen LogP) is -0.0435. The maximum absolute atomic E-state index is 11.9. The molecule has 1 heterocycles. The van der Waals surface area contributed by atoms with Crippen molar-refractivity contribution in [3.05, 3.63) is 52.7 Å². The van der Waals surface area contributed by atoms with Gasteiger partial charge in [-0.3, -0.25) is 4.79 Å². The fraction of sp³-hybridized carbons (Fsp3) is 0.0833. The summed E-state index contributed by atoms with van der Waals surface area (Å²) >= 11 is 0. The van der Waals surface area contributed by atoms with Crippen molar-refractivity contribution in [1.29, 1.82) is 0 Å². The van der Waals surface area contributed by atoms with Gasteiger partial charge in [-0.1, -0.05) is 0 Å². The van der Waals surface area contributed by atoms with Crippen LogP contribution in [0.15, 0.2) is 41.6 Å². The first-order valence-corrected chi connectivity index (χ1v) is 5.19. The van der Waals surface area contributed by atoms with Gasteiger partial charge in [-0.05, 0) is 18.2 Å². The molecule has 92 valence electrons. The molecule has 2 aromatic rings. The minimum atomic E-state index is -0.340. The summed E-state index contributed by atoms with van der Waals surface area (Å²) in [7, 11) is 0. The van der Waals surface area contributed by atoms with E-state index in [1.165, 1.54) is 41.4 Å². The molecule has 2 rings (SSSR count). The Morgan fingerprint density at radius 3 is 2.61 bits per heavy atom. The zero-order valence-corrected chi connectivity index (χ0v) is 9.33. The van der Waals surface area contributed by atoms with Gasteiger partial charge in [-0.15, -0.1) is 0 Å². The summed E-state index contributed by atoms with van der Waals surface area (Å²) in [4.78, 5) is 25.1. The van der Waals surface area contributed by atoms with Gasteiger partial charge in [0.05, 0.1) is 12.3 Å². The smallest absolute Gasteiger partial charge is 0.334 e. The number of carbonyl (C=O) groups excluding carboxylic acids is 1. The average Bonchev–Trinajstić information content (AvgIpc) is 2.35. The number of H-pyrrole nitrogens is 1. The molecule has 1 aromatic carbocycles. The molecule has 0 atom stereocenters. The maximum Gasteiger partial charge on any atom is 0.334 e. The van der Waals surface area contributed by atoms with Crippen LogP contribution >= 0.6 is 0 Å². The fourth-order valence-electron chi connectivity index (χ4n) is 1.45. The molecule has 0 amide bonds. The van der Waals surface area contributed by atoms with Crippen LogP contribution in [0.25, 0.3) is 0 Å². The highest BCUT2D eigenvalue weighted by Crippen LogP contribution is 2.24. The number of nitrogens with one attached hydrogen (secondary N) is 1. The minimum Gasteiger partial charge on any atom is -0.504 e. The summed E-state index contributed by atoms with van der Waals surface area (Å²) < 4.78 is 1.51. The van der Waals surface area contributed by atoms with Crippen LogP contribution in [-0.2, 0) is 6.54 Å². The van der Waals surface area contributed by atoms with Gasteiger partial charge in [0.25, 0.3) is 0 Å². The van der Waals surface area contributed by atoms with Crippen molar-refractivity contribution in [2.24, 2.45) is 0 Å². The first kappa shape index (κ1) is 11.8. The monoisotopic (exact) mass is 247 g/mol. The van der Waals surface area contributed by atoms with E-state index in [0.717, 1.165) is 0 Å². The predicted molar refractivity (Wildman–Crippen MR) is 61.4 cm³/mol. The Labute approximate surface area is 102 Å². The first-order valence-electron chi connectivity index (χ1n) is 5.19. The topological polar surface area (TPSA) is 94.3 Å². The number of rotatable bonds is 3. The Hall–Kier alpha value is -2.63. The second-order valence-electron chi connectivity index (χ2n) is 3.75. The van der Waals surface area contributed by atoms with Crippen LogP contribution in [0.3, 0.4) is 0 Å². The zero-order valence-electron chi connectivity index (χ0n) is 9.33. The number of aromatic hydroxyl groups is 2. The van der Waals surface area contributed by atoms with E-state index >= 15 is 0 Å². The Morgan fingerprint density at radius 2 is 2.00 bits per heavy atom. The van der Waals surface area contributed by atoms with Gasteiger partial charge in [0.15, 0.2) is 18.0 Å². The molecule has 0 unspecified atom stereocenters. The minimum absolute atomic E-state index is 0.0288. The van der Waals surface area contributed by atoms with Crippen molar-refractivity contribution >= 4 is 5.78 Å². The number of ketones is 1. The van der Waals surface area contributed by atoms with Crippen molar-refractivity contribution < 1.29 is 19.6 Å². The van der Waals surface area contributed by atoms with Crippen molar-refractivity contribution in [3.63, 3.8) is 0 Å². The Kier molecular flexibility index (Phi) is 3.09. The highest BCUT2D eigenvalue weighted by atomic mass is 16.3. The number of hydrogen-bond donors (Lipinski definition) is 3. The lowest BCUT2D eigenvalue weighted by atomic mass is 10.1. The van der Waals surface area contributed by atoms with Gasteiger partial charge in [0.2, 0.25) is 12.1 Å². The van der Waals surface area contributed by atoms with Crippen LogP contribution < -0.4 is 10.1 Å². The molecule has 0 bridgehead atoms. The Morgan fingerprint density at radius 1 is 1.22 bits per heavy atom. The van der Waals surface area contributed by atoms with Gasteiger partial charge >= 0.3 is 5.56 Å². The molecule has 6 nitrogen and oxygen atoms in total. The lowest BCUT2D eigenvalue weighted by molar-refractivity contribution is -0.686. The van der Waals surface area contributed by atoms with Gasteiger partial charge in [-0.2, -0.15) is 0 Å². The fourth-order valence-corrected chi connectivity index (χ4v) is 1.45. The molecular formula is C12H11N2O4+. The SMILES string of the molecule is O=C(C[n+]1ccc(=O)[nH]c1)c1ccc(O)c(O)c1. The quantitative estimate of drug-likeness (QED) is 0.403. The van der Waals surface area contributed by atoms with Gasteiger partial charge in [0, 0.05) is 5.56 Å². The standard InChI is InChI=1S/C12H10N2O4/c15-9-2-1-8(5-10(9)16)11(17)6-14-4-3-12(18)13-7-14/h1-5,7H,6H2,(H2,15,16,17)/p+1. The van der Waals surface area contributed by atoms with E-state index in [2.05, 4.69) is 4.98 Å². The van der Waals surface area contributed by atoms with Gasteiger partial charge in [0.1, 0.15) is 0 Å². The number of aromatic amines is 1. The van der Waals surface area contributed by atoms with Crippen LogP contribution in [0, 0.1) is 0 Å². The molecule has 0 aliphatic rings. The van der Waals surface area contributed by atoms with Crippen LogP contribution in [-0.4, -0.2) is 21.0 Å². The van der Waals surface area contributed by atoms with Crippen molar-refractivity contribution in [1.82, 2.24) is 4.98 Å². The number of phenolic OH excluding ortho intramolecular Hbond substituents is 2. The summed E-state index contributed by atoms with van der Waals surface area (Å²) in [6.45, 7) is 0.0288. The van der Waals surface area contributed by atoms with E-state index in [9.17, 15) is 14.7 Å². The summed E-state index contributed by atoms with van der Waals surface area (Å²) in [5, 5.41) is 18.4. The number of carbonyl (C=O) groups is 1. The summed E-state index contributed by atoms with van der Waals surface area (Å²) in [6.07, 6.45) is 2.87. The average molecular weight is 247 g/mol. The van der Waals surface area contributed by atoms with Crippen molar-refractivity contribution in [2.45, 2.75) is 6.54 Å². The van der Waals surface area contributed by atoms with E-state index in [1.807, 2.05) is 0 Å². The van der Waals surface area contributed by atoms with E-state index in [0.29, 0.717) is 0 Å². The first-order chi connectivity index (χ1) is 8.56. The molecule has 1 aromatic heterocycles. The van der Waals surface area contributed by atoms with E-state index in [1.54, 1.807) is 0 Å². The number of Topliss-reactive ketones (excluding diaryl/α,β-unsaturated/α-hetero) is 1. The molecule has 0 spiro atoms. The third-order valence-corrected chi connectivity index (χ3v) is 2.41. The Bertz CT molecular complexity index is 628. The molecule has 0 aliphatic heterocycles. The summed E-state index contributed by atoms with van der Waals surface area (Å²) in [6, 6.07) is 5.18. The number of hydrogen-bond acceptors (Lipinski definition) is 4. The molecule has 18 heavy (non-hydrogen) atoms. The molecule has 0 saturated carbocycles. The maximum atomic E-state index is 11.9. The lowest BCUT2D eigenvalue weighted by Crippen LogP contribution is -2.39. The highest BCUT2D eigenvalue weighted by Gasteiger charge is 2.11. The largest absolute Gasteiger partial charge is 0.504 e. The second-order valence-corrected chi connectivity index (χ2v) is 3.75. The van der Waals surface area contributed by atoms with Crippen LogP contribution in [0.5, 0.6) is 11.5 Å². The van der Waals surface area contributed by atoms with E-state index in [4.69, 9.17) is 5.11 Å². The van der Waals surface area contributed by atoms with Crippen LogP contribution in [0.4, 0.5) is 0 Å². The van der Waals surface area contributed by atoms with Crippen LogP contribution in [0.1, 0.15) is 10.4 Å². The zero-order chi connectivity index (χ0) is 13.1. The van der Waals surface area contributed by atoms with E-state index < -0.39 is 0 Å². The molecule has 0 fully saturated rings. The molecule has 6 heteroatoms. The highest BCUT2D eigenvalue weighted by molar-refractivity contribution is 5.95. The van der Waals surface area contributed by atoms with E-state index in [-0.39, 0.29) is 34.9 Å². The number of aromatic nitrogens is 2. The number of benzene rings is 1. The summed E-state index contributed by atoms with van der Waals surface area (Å²) in [5.41, 5.74) is 0.0324. The molecular weight excluding hydrogens is 236 g/mol. The molecule has 0 saturated heterocycles. The van der Waals surface area contributed by atoms with Crippen molar-refractivity contribution in [3.8, 4) is 11.5 Å². The Balaban J connectivity index is 2.19. The third kappa shape index (κ3) is 2.54. The van der Waals surface area contributed by atoms with Crippen LogP contribution in [0.2, 0.25) is 0 Å². The number of phenols is 2. The third-order valence-electron chi connectivity index (χ3n) is 2.41. The molecule has 0 radical (unpaired) electrons. The normalized spacial score (nSPS) is 10.2. The molecule has 0 aliphatic carbocycles.